The van der Waals surface area contributed by atoms with Crippen LogP contribution in [0.25, 0.3) is 21.9 Å². The number of aryl methyl sites for hydroxylation is 1. The number of furan rings is 1. The van der Waals surface area contributed by atoms with Gasteiger partial charge in [-0.3, -0.25) is 9.78 Å². The van der Waals surface area contributed by atoms with Crippen molar-refractivity contribution in [1.82, 2.24) is 9.88 Å². The van der Waals surface area contributed by atoms with Gasteiger partial charge in [0.25, 0.3) is 0 Å². The van der Waals surface area contributed by atoms with Gasteiger partial charge in [-0.05, 0) is 36.2 Å². The number of pyridine rings is 1. The van der Waals surface area contributed by atoms with Gasteiger partial charge in [0.05, 0.1) is 13.3 Å². The molecule has 4 aromatic rings. The van der Waals surface area contributed by atoms with E-state index in [2.05, 4.69) is 4.98 Å². The third-order valence-corrected chi connectivity index (χ3v) is 5.86. The molecule has 1 aliphatic rings. The van der Waals surface area contributed by atoms with E-state index in [1.807, 2.05) is 31.2 Å². The van der Waals surface area contributed by atoms with E-state index >= 15 is 0 Å². The fourth-order valence-corrected chi connectivity index (χ4v) is 4.36. The molecule has 0 radical (unpaired) electrons. The Hall–Kier alpha value is -3.41. The van der Waals surface area contributed by atoms with Crippen LogP contribution in [0.2, 0.25) is 0 Å². The number of aromatic nitrogens is 1. The number of hydrogen-bond acceptors (Lipinski definition) is 4. The molecule has 2 aromatic heterocycles. The standard InChI is InChI=1S/C24H21FN2O3/c1-14-3-4-15(19(25)9-14)12-27-13-16(10-22(27)28)17-5-6-20(29-2)24-23(17)18-7-8-26-11-21(18)30-24/h3-9,11,16H,10,12-13H2,1-2H3. The van der Waals surface area contributed by atoms with Gasteiger partial charge in [0.2, 0.25) is 5.91 Å². The average molecular weight is 404 g/mol. The van der Waals surface area contributed by atoms with Crippen molar-refractivity contribution in [3.63, 3.8) is 0 Å². The van der Waals surface area contributed by atoms with Crippen LogP contribution >= 0.6 is 0 Å². The van der Waals surface area contributed by atoms with E-state index in [0.29, 0.717) is 35.4 Å². The summed E-state index contributed by atoms with van der Waals surface area (Å²) in [6.07, 6.45) is 3.80. The molecule has 3 heterocycles. The van der Waals surface area contributed by atoms with E-state index in [4.69, 9.17) is 9.15 Å². The van der Waals surface area contributed by atoms with Gasteiger partial charge < -0.3 is 14.1 Å². The van der Waals surface area contributed by atoms with Gasteiger partial charge in [-0.2, -0.15) is 0 Å². The summed E-state index contributed by atoms with van der Waals surface area (Å²) in [6.45, 7) is 2.66. The van der Waals surface area contributed by atoms with Crippen molar-refractivity contribution in [3.8, 4) is 5.75 Å². The number of likely N-dealkylation sites (tertiary alicyclic amines) is 1. The van der Waals surface area contributed by atoms with E-state index in [9.17, 15) is 9.18 Å². The maximum Gasteiger partial charge on any atom is 0.223 e. The summed E-state index contributed by atoms with van der Waals surface area (Å²) in [5, 5.41) is 1.90. The van der Waals surface area contributed by atoms with Gasteiger partial charge in [-0.1, -0.05) is 18.2 Å². The van der Waals surface area contributed by atoms with Gasteiger partial charge in [0, 0.05) is 48.0 Å². The highest BCUT2D eigenvalue weighted by Crippen LogP contribution is 2.42. The van der Waals surface area contributed by atoms with E-state index in [1.54, 1.807) is 30.5 Å². The molecule has 1 atom stereocenters. The first-order chi connectivity index (χ1) is 14.5. The summed E-state index contributed by atoms with van der Waals surface area (Å²) in [5.41, 5.74) is 3.78. The summed E-state index contributed by atoms with van der Waals surface area (Å²) in [4.78, 5) is 18.6. The molecule has 0 N–H and O–H groups in total. The minimum atomic E-state index is -0.272. The Labute approximate surface area is 173 Å². The first-order valence-corrected chi connectivity index (χ1v) is 9.91. The minimum Gasteiger partial charge on any atom is -0.493 e. The van der Waals surface area contributed by atoms with Crippen molar-refractivity contribution in [1.29, 1.82) is 0 Å². The number of carbonyl (C=O) groups excluding carboxylic acids is 1. The maximum absolute atomic E-state index is 14.3. The molecule has 152 valence electrons. The number of rotatable bonds is 4. The summed E-state index contributed by atoms with van der Waals surface area (Å²) in [6, 6.07) is 10.9. The Kier molecular flexibility index (Phi) is 4.42. The van der Waals surface area contributed by atoms with E-state index in [0.717, 1.165) is 21.9 Å². The lowest BCUT2D eigenvalue weighted by Gasteiger charge is -2.18. The zero-order valence-electron chi connectivity index (χ0n) is 16.8. The van der Waals surface area contributed by atoms with Gasteiger partial charge in [-0.25, -0.2) is 4.39 Å². The lowest BCUT2D eigenvalue weighted by atomic mass is 9.93. The van der Waals surface area contributed by atoms with Crippen molar-refractivity contribution in [2.45, 2.75) is 25.8 Å². The Balaban J connectivity index is 1.52. The molecule has 2 aromatic carbocycles. The van der Waals surface area contributed by atoms with Crippen molar-refractivity contribution < 1.29 is 18.3 Å². The number of hydrogen-bond donors (Lipinski definition) is 0. The van der Waals surface area contributed by atoms with Crippen LogP contribution in [0, 0.1) is 12.7 Å². The largest absolute Gasteiger partial charge is 0.493 e. The van der Waals surface area contributed by atoms with Crippen LogP contribution in [0.3, 0.4) is 0 Å². The molecule has 0 aliphatic carbocycles. The van der Waals surface area contributed by atoms with Crippen LogP contribution in [0.15, 0.2) is 53.2 Å². The van der Waals surface area contributed by atoms with Gasteiger partial charge in [0.1, 0.15) is 5.82 Å². The SMILES string of the molecule is COc1ccc(C2CC(=O)N(Cc3ccc(C)cc3F)C2)c2c1oc1cnccc12. The van der Waals surface area contributed by atoms with Gasteiger partial charge in [-0.15, -0.1) is 0 Å². The van der Waals surface area contributed by atoms with Gasteiger partial charge in [0.15, 0.2) is 16.9 Å². The Morgan fingerprint density at radius 1 is 1.27 bits per heavy atom. The van der Waals surface area contributed by atoms with Crippen molar-refractivity contribution in [3.05, 3.63) is 71.3 Å². The second kappa shape index (κ2) is 7.13. The van der Waals surface area contributed by atoms with Crippen LogP contribution in [-0.4, -0.2) is 29.4 Å². The third kappa shape index (κ3) is 3.00. The zero-order chi connectivity index (χ0) is 20.8. The van der Waals surface area contributed by atoms with Crippen molar-refractivity contribution in [2.75, 3.05) is 13.7 Å². The smallest absolute Gasteiger partial charge is 0.223 e. The molecule has 1 fully saturated rings. The summed E-state index contributed by atoms with van der Waals surface area (Å²) >= 11 is 0. The van der Waals surface area contributed by atoms with E-state index < -0.39 is 0 Å². The van der Waals surface area contributed by atoms with Crippen LogP contribution in [0.5, 0.6) is 5.75 Å². The zero-order valence-corrected chi connectivity index (χ0v) is 16.8. The molecular weight excluding hydrogens is 383 g/mol. The van der Waals surface area contributed by atoms with Crippen LogP contribution in [-0.2, 0) is 11.3 Å². The summed E-state index contributed by atoms with van der Waals surface area (Å²) in [7, 11) is 1.61. The minimum absolute atomic E-state index is 0.00613. The average Bonchev–Trinajstić information content (AvgIpc) is 3.30. The quantitative estimate of drug-likeness (QED) is 0.483. The van der Waals surface area contributed by atoms with Crippen LogP contribution in [0.1, 0.15) is 29.0 Å². The second-order valence-corrected chi connectivity index (χ2v) is 7.81. The number of ether oxygens (including phenoxy) is 1. The maximum atomic E-state index is 14.3. The molecule has 6 heteroatoms. The lowest BCUT2D eigenvalue weighted by molar-refractivity contribution is -0.128. The van der Waals surface area contributed by atoms with Crippen molar-refractivity contribution >= 4 is 27.8 Å². The number of carbonyl (C=O) groups is 1. The fourth-order valence-electron chi connectivity index (χ4n) is 4.36. The van der Waals surface area contributed by atoms with Crippen LogP contribution < -0.4 is 4.74 Å². The molecule has 5 rings (SSSR count). The predicted molar refractivity (Wildman–Crippen MR) is 112 cm³/mol. The Morgan fingerprint density at radius 2 is 2.13 bits per heavy atom. The molecule has 30 heavy (non-hydrogen) atoms. The topological polar surface area (TPSA) is 55.6 Å². The highest BCUT2D eigenvalue weighted by Gasteiger charge is 2.33. The summed E-state index contributed by atoms with van der Waals surface area (Å²) < 4.78 is 25.8. The van der Waals surface area contributed by atoms with Crippen molar-refractivity contribution in [2.24, 2.45) is 0 Å². The second-order valence-electron chi connectivity index (χ2n) is 7.81. The fraction of sp³-hybridized carbons (Fsp3) is 0.250. The molecule has 0 bridgehead atoms. The molecule has 0 saturated carbocycles. The number of halogens is 1. The number of methoxy groups -OCH3 is 1. The first-order valence-electron chi connectivity index (χ1n) is 9.91. The molecule has 1 aliphatic heterocycles. The normalized spacial score (nSPS) is 16.7. The predicted octanol–water partition coefficient (Wildman–Crippen LogP) is 4.95. The number of fused-ring (bicyclic) bond motifs is 3. The number of benzene rings is 2. The lowest BCUT2D eigenvalue weighted by Crippen LogP contribution is -2.25. The third-order valence-electron chi connectivity index (χ3n) is 5.86. The molecule has 1 saturated heterocycles. The molecule has 1 amide bonds. The van der Waals surface area contributed by atoms with E-state index in [1.165, 1.54) is 6.07 Å². The summed E-state index contributed by atoms with van der Waals surface area (Å²) in [5.74, 6) is 0.395. The molecule has 1 unspecified atom stereocenters. The van der Waals surface area contributed by atoms with E-state index in [-0.39, 0.29) is 24.2 Å². The van der Waals surface area contributed by atoms with Crippen LogP contribution in [0.4, 0.5) is 4.39 Å². The number of nitrogens with zero attached hydrogens (tertiary/aromatic N) is 2. The monoisotopic (exact) mass is 404 g/mol. The highest BCUT2D eigenvalue weighted by molar-refractivity contribution is 6.08. The first kappa shape index (κ1) is 18.6. The Morgan fingerprint density at radius 3 is 2.93 bits per heavy atom. The Bertz CT molecular complexity index is 1280. The molecule has 0 spiro atoms. The number of amides is 1. The van der Waals surface area contributed by atoms with Gasteiger partial charge >= 0.3 is 0 Å². The highest BCUT2D eigenvalue weighted by atomic mass is 19.1. The molecular formula is C24H21FN2O3. The molecule has 5 nitrogen and oxygen atoms in total.